The normalized spacial score (nSPS) is 28.3. The summed E-state index contributed by atoms with van der Waals surface area (Å²) in [6.07, 6.45) is 2.65. The summed E-state index contributed by atoms with van der Waals surface area (Å²) in [6.45, 7) is 3.65. The highest BCUT2D eigenvalue weighted by molar-refractivity contribution is 7.88. The molecule has 0 aliphatic carbocycles. The molecule has 0 saturated carbocycles. The minimum absolute atomic E-state index is 0.135. The number of benzene rings is 1. The Labute approximate surface area is 148 Å². The van der Waals surface area contributed by atoms with Crippen molar-refractivity contribution in [2.24, 2.45) is 0 Å². The van der Waals surface area contributed by atoms with Gasteiger partial charge in [-0.2, -0.15) is 0 Å². The molecule has 0 radical (unpaired) electrons. The first-order valence-corrected chi connectivity index (χ1v) is 10.4. The van der Waals surface area contributed by atoms with Crippen LogP contribution in [0.5, 0.6) is 0 Å². The molecule has 1 N–H and O–H groups in total. The van der Waals surface area contributed by atoms with Crippen molar-refractivity contribution in [2.45, 2.75) is 31.1 Å². The third kappa shape index (κ3) is 5.46. The number of hydrogen-bond donors (Lipinski definition) is 1. The van der Waals surface area contributed by atoms with Crippen molar-refractivity contribution >= 4 is 10.0 Å². The van der Waals surface area contributed by atoms with E-state index in [-0.39, 0.29) is 11.9 Å². The van der Waals surface area contributed by atoms with Gasteiger partial charge in [0.15, 0.2) is 0 Å². The molecule has 25 heavy (non-hydrogen) atoms. The first kappa shape index (κ1) is 18.7. The minimum Gasteiger partial charge on any atom is -0.377 e. The minimum atomic E-state index is -3.22. The molecule has 2 fully saturated rings. The zero-order chi connectivity index (χ0) is 17.9. The Hall–Kier alpha value is -1.06. The Balaban J connectivity index is 1.60. The van der Waals surface area contributed by atoms with E-state index in [1.165, 1.54) is 12.1 Å². The Bertz CT molecular complexity index is 682. The number of hydrogen-bond acceptors (Lipinski definition) is 5. The second-order valence-corrected chi connectivity index (χ2v) is 8.80. The van der Waals surface area contributed by atoms with Gasteiger partial charge >= 0.3 is 0 Å². The summed E-state index contributed by atoms with van der Waals surface area (Å²) in [7, 11) is -3.22. The number of nitrogens with zero attached hydrogens (tertiary/aromatic N) is 1. The molecule has 2 aliphatic heterocycles. The molecule has 140 valence electrons. The fraction of sp³-hybridized carbons (Fsp3) is 0.647. The fourth-order valence-electron chi connectivity index (χ4n) is 3.47. The van der Waals surface area contributed by atoms with E-state index in [1.807, 2.05) is 0 Å². The van der Waals surface area contributed by atoms with Crippen LogP contribution in [0, 0.1) is 5.82 Å². The van der Waals surface area contributed by atoms with Crippen LogP contribution in [0.25, 0.3) is 0 Å². The van der Waals surface area contributed by atoms with Crippen LogP contribution in [0.15, 0.2) is 24.3 Å². The predicted octanol–water partition coefficient (Wildman–Crippen LogP) is 1.12. The van der Waals surface area contributed by atoms with E-state index in [0.717, 1.165) is 37.8 Å². The Morgan fingerprint density at radius 3 is 2.84 bits per heavy atom. The number of rotatable bonds is 5. The SMILES string of the molecule is CS(=O)(=O)NC[C@@H]1CC[C@]2(COCCN(Cc3ccc(F)cc3)C2)O1. The number of sulfonamides is 1. The summed E-state index contributed by atoms with van der Waals surface area (Å²) in [6, 6.07) is 6.53. The van der Waals surface area contributed by atoms with Gasteiger partial charge in [-0.15, -0.1) is 0 Å². The maximum absolute atomic E-state index is 13.1. The van der Waals surface area contributed by atoms with E-state index >= 15 is 0 Å². The largest absolute Gasteiger partial charge is 0.377 e. The molecule has 6 nitrogen and oxygen atoms in total. The first-order valence-electron chi connectivity index (χ1n) is 8.51. The van der Waals surface area contributed by atoms with Crippen molar-refractivity contribution < 1.29 is 22.3 Å². The second kappa shape index (κ2) is 7.67. The lowest BCUT2D eigenvalue weighted by molar-refractivity contribution is -0.0843. The quantitative estimate of drug-likeness (QED) is 0.839. The van der Waals surface area contributed by atoms with Gasteiger partial charge in [0.25, 0.3) is 0 Å². The fourth-order valence-corrected chi connectivity index (χ4v) is 3.96. The van der Waals surface area contributed by atoms with Crippen LogP contribution in [-0.2, 0) is 26.0 Å². The smallest absolute Gasteiger partial charge is 0.208 e. The topological polar surface area (TPSA) is 67.9 Å². The van der Waals surface area contributed by atoms with Crippen LogP contribution in [0.4, 0.5) is 4.39 Å². The lowest BCUT2D eigenvalue weighted by Crippen LogP contribution is -2.45. The maximum Gasteiger partial charge on any atom is 0.208 e. The van der Waals surface area contributed by atoms with Gasteiger partial charge in [-0.1, -0.05) is 12.1 Å². The first-order chi connectivity index (χ1) is 11.8. The van der Waals surface area contributed by atoms with Gasteiger partial charge in [0.1, 0.15) is 11.4 Å². The predicted molar refractivity (Wildman–Crippen MR) is 92.2 cm³/mol. The zero-order valence-electron chi connectivity index (χ0n) is 14.4. The molecule has 2 atom stereocenters. The molecule has 2 aliphatic rings. The summed E-state index contributed by atoms with van der Waals surface area (Å²) in [4.78, 5) is 2.26. The van der Waals surface area contributed by atoms with Crippen LogP contribution in [0.3, 0.4) is 0 Å². The number of halogens is 1. The van der Waals surface area contributed by atoms with Gasteiger partial charge in [-0.3, -0.25) is 4.90 Å². The van der Waals surface area contributed by atoms with Crippen molar-refractivity contribution in [2.75, 3.05) is 39.1 Å². The van der Waals surface area contributed by atoms with E-state index in [2.05, 4.69) is 9.62 Å². The van der Waals surface area contributed by atoms with Crippen molar-refractivity contribution in [3.05, 3.63) is 35.6 Å². The molecule has 0 aromatic heterocycles. The average Bonchev–Trinajstić information content (AvgIpc) is 2.83. The summed E-state index contributed by atoms with van der Waals surface area (Å²) < 4.78 is 50.1. The van der Waals surface area contributed by atoms with Crippen molar-refractivity contribution in [1.29, 1.82) is 0 Å². The summed E-state index contributed by atoms with van der Waals surface area (Å²) in [5.74, 6) is -0.236. The third-order valence-corrected chi connectivity index (χ3v) is 5.35. The van der Waals surface area contributed by atoms with Crippen LogP contribution >= 0.6 is 0 Å². The lowest BCUT2D eigenvalue weighted by atomic mass is 10.00. The molecule has 0 amide bonds. The van der Waals surface area contributed by atoms with E-state index in [1.54, 1.807) is 12.1 Å². The van der Waals surface area contributed by atoms with Gasteiger partial charge in [0.2, 0.25) is 10.0 Å². The molecule has 0 bridgehead atoms. The molecule has 0 unspecified atom stereocenters. The molecule has 1 spiro atoms. The zero-order valence-corrected chi connectivity index (χ0v) is 15.2. The molecular weight excluding hydrogens is 347 g/mol. The van der Waals surface area contributed by atoms with Crippen LogP contribution in [-0.4, -0.2) is 64.1 Å². The highest BCUT2D eigenvalue weighted by atomic mass is 32.2. The van der Waals surface area contributed by atoms with Gasteiger partial charge < -0.3 is 9.47 Å². The van der Waals surface area contributed by atoms with Crippen molar-refractivity contribution in [3.8, 4) is 0 Å². The van der Waals surface area contributed by atoms with E-state index < -0.39 is 15.6 Å². The van der Waals surface area contributed by atoms with E-state index in [4.69, 9.17) is 9.47 Å². The molecule has 2 heterocycles. The standard InChI is InChI=1S/C17H25FN2O4S/c1-25(21,22)19-10-16-6-7-17(24-16)12-20(8-9-23-13-17)11-14-2-4-15(18)5-3-14/h2-5,16,19H,6-13H2,1H3/t16-,17-/m0/s1. The molecule has 1 aromatic carbocycles. The van der Waals surface area contributed by atoms with Crippen LogP contribution in [0.2, 0.25) is 0 Å². The highest BCUT2D eigenvalue weighted by Gasteiger charge is 2.43. The Morgan fingerprint density at radius 1 is 1.36 bits per heavy atom. The van der Waals surface area contributed by atoms with Gasteiger partial charge in [0, 0.05) is 26.2 Å². The summed E-state index contributed by atoms with van der Waals surface area (Å²) in [5, 5.41) is 0. The van der Waals surface area contributed by atoms with Gasteiger partial charge in [0.05, 0.1) is 25.6 Å². The lowest BCUT2D eigenvalue weighted by Gasteiger charge is -2.32. The molecule has 3 rings (SSSR count). The molecular formula is C17H25FN2O4S. The molecule has 1 aromatic rings. The van der Waals surface area contributed by atoms with E-state index in [9.17, 15) is 12.8 Å². The Kier molecular flexibility index (Phi) is 5.75. The Morgan fingerprint density at radius 2 is 2.12 bits per heavy atom. The summed E-state index contributed by atoms with van der Waals surface area (Å²) in [5.41, 5.74) is 0.646. The number of nitrogens with one attached hydrogen (secondary N) is 1. The third-order valence-electron chi connectivity index (χ3n) is 4.66. The van der Waals surface area contributed by atoms with Crippen molar-refractivity contribution in [1.82, 2.24) is 9.62 Å². The maximum atomic E-state index is 13.1. The highest BCUT2D eigenvalue weighted by Crippen LogP contribution is 2.33. The molecule has 8 heteroatoms. The van der Waals surface area contributed by atoms with Crippen LogP contribution in [0.1, 0.15) is 18.4 Å². The number of ether oxygens (including phenoxy) is 2. The second-order valence-electron chi connectivity index (χ2n) is 6.97. The van der Waals surface area contributed by atoms with Gasteiger partial charge in [-0.25, -0.2) is 17.5 Å². The average molecular weight is 372 g/mol. The van der Waals surface area contributed by atoms with Crippen LogP contribution < -0.4 is 4.72 Å². The monoisotopic (exact) mass is 372 g/mol. The van der Waals surface area contributed by atoms with Gasteiger partial charge in [-0.05, 0) is 30.5 Å². The molecule has 2 saturated heterocycles. The van der Waals surface area contributed by atoms with Crippen molar-refractivity contribution in [3.63, 3.8) is 0 Å². The van der Waals surface area contributed by atoms with E-state index in [0.29, 0.717) is 26.3 Å². The summed E-state index contributed by atoms with van der Waals surface area (Å²) >= 11 is 0.